The van der Waals surface area contributed by atoms with Gasteiger partial charge in [-0.05, 0) is 30.3 Å². The number of hydrogen-bond donors (Lipinski definition) is 2. The summed E-state index contributed by atoms with van der Waals surface area (Å²) in [5.74, 6) is -2.11. The van der Waals surface area contributed by atoms with Gasteiger partial charge in [-0.3, -0.25) is 4.79 Å². The Morgan fingerprint density at radius 3 is 2.50 bits per heavy atom. The Hall–Kier alpha value is -2.14. The normalized spacial score (nSPS) is 10.3. The summed E-state index contributed by atoms with van der Waals surface area (Å²) in [4.78, 5) is 11.8. The molecule has 0 spiro atoms. The minimum atomic E-state index is -0.765. The molecule has 3 nitrogen and oxygen atoms in total. The molecule has 0 unspecified atom stereocenters. The van der Waals surface area contributed by atoms with Crippen molar-refractivity contribution in [2.24, 2.45) is 0 Å². The molecule has 0 fully saturated rings. The standard InChI is InChI=1S/C14H11ClF2N2O/c15-10-5-4-8(18)6-13(10)19-14(20)7-9-11(16)2-1-3-12(9)17/h1-6H,7,18H2,(H,19,20). The van der Waals surface area contributed by atoms with Gasteiger partial charge in [0.1, 0.15) is 11.6 Å². The Labute approximate surface area is 119 Å². The third-order valence-corrected chi connectivity index (χ3v) is 2.99. The highest BCUT2D eigenvalue weighted by Gasteiger charge is 2.14. The summed E-state index contributed by atoms with van der Waals surface area (Å²) in [5, 5.41) is 2.76. The van der Waals surface area contributed by atoms with Gasteiger partial charge in [0.25, 0.3) is 0 Å². The minimum Gasteiger partial charge on any atom is -0.399 e. The van der Waals surface area contributed by atoms with Crippen LogP contribution < -0.4 is 11.1 Å². The topological polar surface area (TPSA) is 55.1 Å². The van der Waals surface area contributed by atoms with Gasteiger partial charge in [-0.1, -0.05) is 17.7 Å². The zero-order valence-corrected chi connectivity index (χ0v) is 11.0. The molecule has 0 saturated carbocycles. The van der Waals surface area contributed by atoms with Gasteiger partial charge in [0.2, 0.25) is 5.91 Å². The van der Waals surface area contributed by atoms with Crippen molar-refractivity contribution in [1.29, 1.82) is 0 Å². The van der Waals surface area contributed by atoms with Crippen LogP contribution >= 0.6 is 11.6 Å². The van der Waals surface area contributed by atoms with Gasteiger partial charge < -0.3 is 11.1 Å². The van der Waals surface area contributed by atoms with Crippen LogP contribution in [0.3, 0.4) is 0 Å². The molecule has 104 valence electrons. The van der Waals surface area contributed by atoms with Crippen LogP contribution in [0.15, 0.2) is 36.4 Å². The molecule has 0 aliphatic heterocycles. The molecule has 0 atom stereocenters. The Morgan fingerprint density at radius 2 is 1.85 bits per heavy atom. The fraction of sp³-hybridized carbons (Fsp3) is 0.0714. The van der Waals surface area contributed by atoms with E-state index in [0.29, 0.717) is 16.4 Å². The summed E-state index contributed by atoms with van der Waals surface area (Å²) in [7, 11) is 0. The van der Waals surface area contributed by atoms with E-state index in [2.05, 4.69) is 5.32 Å². The van der Waals surface area contributed by atoms with E-state index in [1.54, 1.807) is 6.07 Å². The molecule has 0 bridgehead atoms. The Balaban J connectivity index is 2.15. The van der Waals surface area contributed by atoms with E-state index >= 15 is 0 Å². The molecule has 1 amide bonds. The third kappa shape index (κ3) is 3.24. The van der Waals surface area contributed by atoms with Crippen molar-refractivity contribution in [3.05, 3.63) is 58.6 Å². The first-order valence-electron chi connectivity index (χ1n) is 5.75. The number of anilines is 2. The van der Waals surface area contributed by atoms with Gasteiger partial charge >= 0.3 is 0 Å². The number of benzene rings is 2. The number of nitrogens with one attached hydrogen (secondary N) is 1. The third-order valence-electron chi connectivity index (χ3n) is 2.66. The summed E-state index contributed by atoms with van der Waals surface area (Å²) in [6.07, 6.45) is -0.427. The molecule has 2 aromatic rings. The second-order valence-electron chi connectivity index (χ2n) is 4.16. The van der Waals surface area contributed by atoms with Gasteiger partial charge in [-0.2, -0.15) is 0 Å². The highest BCUT2D eigenvalue weighted by Crippen LogP contribution is 2.24. The van der Waals surface area contributed by atoms with E-state index in [9.17, 15) is 13.6 Å². The van der Waals surface area contributed by atoms with Gasteiger partial charge in [0.05, 0.1) is 17.1 Å². The summed E-state index contributed by atoms with van der Waals surface area (Å²) in [6.45, 7) is 0. The molecule has 6 heteroatoms. The molecule has 2 aromatic carbocycles. The van der Waals surface area contributed by atoms with Crippen LogP contribution in [0.1, 0.15) is 5.56 Å². The lowest BCUT2D eigenvalue weighted by Gasteiger charge is -2.09. The molecule has 20 heavy (non-hydrogen) atoms. The first kappa shape index (κ1) is 14.3. The van der Waals surface area contributed by atoms with Gasteiger partial charge in [-0.15, -0.1) is 0 Å². The van der Waals surface area contributed by atoms with Crippen molar-refractivity contribution in [2.75, 3.05) is 11.1 Å². The quantitative estimate of drug-likeness (QED) is 0.853. The molecular weight excluding hydrogens is 286 g/mol. The summed E-state index contributed by atoms with van der Waals surface area (Å²) in [6, 6.07) is 8.00. The predicted octanol–water partition coefficient (Wildman–Crippen LogP) is 3.38. The van der Waals surface area contributed by atoms with Crippen molar-refractivity contribution < 1.29 is 13.6 Å². The van der Waals surface area contributed by atoms with Crippen LogP contribution in [0.4, 0.5) is 20.2 Å². The molecule has 0 aromatic heterocycles. The molecular formula is C14H11ClF2N2O. The van der Waals surface area contributed by atoms with E-state index in [1.807, 2.05) is 0 Å². The van der Waals surface area contributed by atoms with Crippen LogP contribution in [0, 0.1) is 11.6 Å². The molecule has 0 saturated heterocycles. The largest absolute Gasteiger partial charge is 0.399 e. The molecule has 2 rings (SSSR count). The van der Waals surface area contributed by atoms with Crippen LogP contribution in [0.5, 0.6) is 0 Å². The highest BCUT2D eigenvalue weighted by molar-refractivity contribution is 6.33. The van der Waals surface area contributed by atoms with E-state index in [1.165, 1.54) is 18.2 Å². The average Bonchev–Trinajstić information content (AvgIpc) is 2.38. The fourth-order valence-electron chi connectivity index (χ4n) is 1.69. The van der Waals surface area contributed by atoms with Crippen molar-refractivity contribution in [3.63, 3.8) is 0 Å². The Kier molecular flexibility index (Phi) is 4.20. The number of rotatable bonds is 3. The number of amides is 1. The minimum absolute atomic E-state index is 0.287. The van der Waals surface area contributed by atoms with E-state index in [4.69, 9.17) is 17.3 Å². The summed E-state index contributed by atoms with van der Waals surface area (Å²) < 4.78 is 26.9. The number of halogens is 3. The lowest BCUT2D eigenvalue weighted by atomic mass is 10.1. The highest BCUT2D eigenvalue weighted by atomic mass is 35.5. The smallest absolute Gasteiger partial charge is 0.229 e. The SMILES string of the molecule is Nc1ccc(Cl)c(NC(=O)Cc2c(F)cccc2F)c1. The second-order valence-corrected chi connectivity index (χ2v) is 4.57. The monoisotopic (exact) mass is 296 g/mol. The number of carbonyl (C=O) groups excluding carboxylic acids is 1. The number of hydrogen-bond acceptors (Lipinski definition) is 2. The maximum atomic E-state index is 13.4. The summed E-state index contributed by atoms with van der Waals surface area (Å²) in [5.41, 5.74) is 6.00. The molecule has 0 heterocycles. The molecule has 0 radical (unpaired) electrons. The van der Waals surface area contributed by atoms with Crippen molar-refractivity contribution >= 4 is 28.9 Å². The van der Waals surface area contributed by atoms with E-state index < -0.39 is 24.0 Å². The second kappa shape index (κ2) is 5.88. The zero-order valence-electron chi connectivity index (χ0n) is 10.3. The number of carbonyl (C=O) groups is 1. The van der Waals surface area contributed by atoms with E-state index in [-0.39, 0.29) is 5.56 Å². The summed E-state index contributed by atoms with van der Waals surface area (Å²) >= 11 is 5.89. The van der Waals surface area contributed by atoms with Crippen molar-refractivity contribution in [2.45, 2.75) is 6.42 Å². The average molecular weight is 297 g/mol. The van der Waals surface area contributed by atoms with Gasteiger partial charge in [0, 0.05) is 11.3 Å². The first-order valence-corrected chi connectivity index (χ1v) is 6.13. The van der Waals surface area contributed by atoms with Crippen LogP contribution in [0.25, 0.3) is 0 Å². The van der Waals surface area contributed by atoms with Crippen molar-refractivity contribution in [3.8, 4) is 0 Å². The fourth-order valence-corrected chi connectivity index (χ4v) is 1.86. The number of nitrogen functional groups attached to an aromatic ring is 1. The predicted molar refractivity (Wildman–Crippen MR) is 74.6 cm³/mol. The molecule has 3 N–H and O–H groups in total. The first-order chi connectivity index (χ1) is 9.47. The van der Waals surface area contributed by atoms with Gasteiger partial charge in [0.15, 0.2) is 0 Å². The van der Waals surface area contributed by atoms with Crippen molar-refractivity contribution in [1.82, 2.24) is 0 Å². The lowest BCUT2D eigenvalue weighted by molar-refractivity contribution is -0.115. The van der Waals surface area contributed by atoms with Crippen LogP contribution in [0.2, 0.25) is 5.02 Å². The van der Waals surface area contributed by atoms with Crippen LogP contribution in [-0.4, -0.2) is 5.91 Å². The number of nitrogens with two attached hydrogens (primary N) is 1. The lowest BCUT2D eigenvalue weighted by Crippen LogP contribution is -2.16. The molecule has 0 aliphatic carbocycles. The van der Waals surface area contributed by atoms with E-state index in [0.717, 1.165) is 12.1 Å². The Bertz CT molecular complexity index is 641. The van der Waals surface area contributed by atoms with Crippen LogP contribution in [-0.2, 0) is 11.2 Å². The van der Waals surface area contributed by atoms with Gasteiger partial charge in [-0.25, -0.2) is 8.78 Å². The maximum Gasteiger partial charge on any atom is 0.229 e. The zero-order chi connectivity index (χ0) is 14.7. The maximum absolute atomic E-state index is 13.4. The Morgan fingerprint density at radius 1 is 1.20 bits per heavy atom. The molecule has 0 aliphatic rings.